The highest BCUT2D eigenvalue weighted by atomic mass is 16.5. The predicted octanol–water partition coefficient (Wildman–Crippen LogP) is 3.41. The molecule has 0 aliphatic carbocycles. The monoisotopic (exact) mass is 258 g/mol. The Morgan fingerprint density at radius 2 is 2.00 bits per heavy atom. The summed E-state index contributed by atoms with van der Waals surface area (Å²) in [6.07, 6.45) is 0.674. The summed E-state index contributed by atoms with van der Waals surface area (Å²) >= 11 is 0. The Morgan fingerprint density at radius 1 is 1.26 bits per heavy atom. The lowest BCUT2D eigenvalue weighted by atomic mass is 10.1. The third-order valence-electron chi connectivity index (χ3n) is 3.26. The molecule has 2 aromatic rings. The first kappa shape index (κ1) is 13.3. The third kappa shape index (κ3) is 2.67. The number of rotatable bonds is 3. The minimum Gasteiger partial charge on any atom is -0.361 e. The maximum Gasteiger partial charge on any atom is 0.261 e. The molecule has 0 aliphatic rings. The first-order valence-corrected chi connectivity index (χ1v) is 6.36. The number of amides is 1. The van der Waals surface area contributed by atoms with E-state index in [9.17, 15) is 4.79 Å². The fourth-order valence-corrected chi connectivity index (χ4v) is 1.96. The molecular formula is C15H18N2O2. The van der Waals surface area contributed by atoms with Crippen LogP contribution >= 0.6 is 0 Å². The maximum absolute atomic E-state index is 12.3. The van der Waals surface area contributed by atoms with Crippen molar-refractivity contribution in [2.45, 2.75) is 34.1 Å². The van der Waals surface area contributed by atoms with Gasteiger partial charge in [0, 0.05) is 5.69 Å². The quantitative estimate of drug-likeness (QED) is 0.917. The lowest BCUT2D eigenvalue weighted by Gasteiger charge is -2.07. The van der Waals surface area contributed by atoms with Crippen molar-refractivity contribution >= 4 is 11.6 Å². The van der Waals surface area contributed by atoms with E-state index in [1.807, 2.05) is 39.0 Å². The van der Waals surface area contributed by atoms with Gasteiger partial charge in [-0.1, -0.05) is 18.1 Å². The van der Waals surface area contributed by atoms with Crippen LogP contribution in [-0.2, 0) is 6.42 Å². The first-order chi connectivity index (χ1) is 9.02. The van der Waals surface area contributed by atoms with Crippen LogP contribution in [0.3, 0.4) is 0 Å². The molecule has 0 saturated heterocycles. The summed E-state index contributed by atoms with van der Waals surface area (Å²) in [4.78, 5) is 12.3. The van der Waals surface area contributed by atoms with Crippen LogP contribution in [-0.4, -0.2) is 11.1 Å². The summed E-state index contributed by atoms with van der Waals surface area (Å²) in [7, 11) is 0. The van der Waals surface area contributed by atoms with E-state index in [-0.39, 0.29) is 5.91 Å². The highest BCUT2D eigenvalue weighted by Crippen LogP contribution is 2.18. The van der Waals surface area contributed by atoms with E-state index in [0.29, 0.717) is 23.4 Å². The molecule has 0 unspecified atom stereocenters. The number of benzene rings is 1. The van der Waals surface area contributed by atoms with Crippen molar-refractivity contribution in [1.29, 1.82) is 0 Å². The molecular weight excluding hydrogens is 240 g/mol. The molecule has 100 valence electrons. The zero-order valence-electron chi connectivity index (χ0n) is 11.7. The Bertz CT molecular complexity index is 615. The highest BCUT2D eigenvalue weighted by molar-refractivity contribution is 6.05. The average molecular weight is 258 g/mol. The Kier molecular flexibility index (Phi) is 3.69. The molecule has 1 amide bonds. The van der Waals surface area contributed by atoms with Crippen molar-refractivity contribution in [2.24, 2.45) is 0 Å². The molecule has 2 rings (SSSR count). The molecule has 1 N–H and O–H groups in total. The molecule has 0 saturated carbocycles. The summed E-state index contributed by atoms with van der Waals surface area (Å²) in [5.74, 6) is 0.386. The Balaban J connectivity index is 2.25. The normalized spacial score (nSPS) is 10.5. The van der Waals surface area contributed by atoms with Gasteiger partial charge in [-0.3, -0.25) is 4.79 Å². The minimum absolute atomic E-state index is 0.168. The Hall–Kier alpha value is -2.10. The number of hydrogen-bond acceptors (Lipinski definition) is 3. The van der Waals surface area contributed by atoms with Crippen molar-refractivity contribution in [3.05, 3.63) is 46.3 Å². The standard InChI is InChI=1S/C15H18N2O2/c1-5-13-14(11(4)19-17-13)15(18)16-12-7-6-9(2)10(3)8-12/h6-8H,5H2,1-4H3,(H,16,18). The second kappa shape index (κ2) is 5.26. The second-order valence-electron chi connectivity index (χ2n) is 4.67. The minimum atomic E-state index is -0.168. The molecule has 0 aliphatic heterocycles. The topological polar surface area (TPSA) is 55.1 Å². The second-order valence-corrected chi connectivity index (χ2v) is 4.67. The fourth-order valence-electron chi connectivity index (χ4n) is 1.96. The van der Waals surface area contributed by atoms with Gasteiger partial charge in [0.05, 0.1) is 5.69 Å². The molecule has 0 atom stereocenters. The summed E-state index contributed by atoms with van der Waals surface area (Å²) in [5.41, 5.74) is 4.37. The van der Waals surface area contributed by atoms with Crippen molar-refractivity contribution in [3.8, 4) is 0 Å². The van der Waals surface area contributed by atoms with Crippen LogP contribution in [0.25, 0.3) is 0 Å². The molecule has 1 aromatic heterocycles. The molecule has 19 heavy (non-hydrogen) atoms. The van der Waals surface area contributed by atoms with Gasteiger partial charge >= 0.3 is 0 Å². The number of hydrogen-bond donors (Lipinski definition) is 1. The van der Waals surface area contributed by atoms with Crippen LogP contribution in [0.4, 0.5) is 5.69 Å². The Labute approximate surface area is 112 Å². The SMILES string of the molecule is CCc1noc(C)c1C(=O)Nc1ccc(C)c(C)c1. The lowest BCUT2D eigenvalue weighted by Crippen LogP contribution is -2.14. The van der Waals surface area contributed by atoms with Crippen molar-refractivity contribution in [1.82, 2.24) is 5.16 Å². The van der Waals surface area contributed by atoms with Gasteiger partial charge < -0.3 is 9.84 Å². The van der Waals surface area contributed by atoms with E-state index < -0.39 is 0 Å². The predicted molar refractivity (Wildman–Crippen MR) is 74.5 cm³/mol. The summed E-state index contributed by atoms with van der Waals surface area (Å²) < 4.78 is 5.08. The number of carbonyl (C=O) groups is 1. The first-order valence-electron chi connectivity index (χ1n) is 6.36. The van der Waals surface area contributed by atoms with Crippen LogP contribution in [0, 0.1) is 20.8 Å². The van der Waals surface area contributed by atoms with Crippen LogP contribution < -0.4 is 5.32 Å². The van der Waals surface area contributed by atoms with Crippen LogP contribution in [0.2, 0.25) is 0 Å². The zero-order chi connectivity index (χ0) is 14.0. The molecule has 4 nitrogen and oxygen atoms in total. The number of anilines is 1. The summed E-state index contributed by atoms with van der Waals surface area (Å²) in [6, 6.07) is 5.85. The smallest absolute Gasteiger partial charge is 0.261 e. The van der Waals surface area contributed by atoms with E-state index >= 15 is 0 Å². The van der Waals surface area contributed by atoms with E-state index in [1.54, 1.807) is 6.92 Å². The van der Waals surface area contributed by atoms with Crippen LogP contribution in [0.5, 0.6) is 0 Å². The average Bonchev–Trinajstić information content (AvgIpc) is 2.75. The van der Waals surface area contributed by atoms with Gasteiger partial charge in [0.25, 0.3) is 5.91 Å². The number of nitrogens with zero attached hydrogens (tertiary/aromatic N) is 1. The van der Waals surface area contributed by atoms with Gasteiger partial charge in [-0.2, -0.15) is 0 Å². The van der Waals surface area contributed by atoms with Gasteiger partial charge in [-0.25, -0.2) is 0 Å². The van der Waals surface area contributed by atoms with Crippen molar-refractivity contribution in [2.75, 3.05) is 5.32 Å². The zero-order valence-corrected chi connectivity index (χ0v) is 11.7. The fraction of sp³-hybridized carbons (Fsp3) is 0.333. The van der Waals surface area contributed by atoms with Crippen molar-refractivity contribution in [3.63, 3.8) is 0 Å². The summed E-state index contributed by atoms with van der Waals surface area (Å²) in [5, 5.41) is 6.78. The number of carbonyl (C=O) groups excluding carboxylic acids is 1. The highest BCUT2D eigenvalue weighted by Gasteiger charge is 2.19. The van der Waals surface area contributed by atoms with E-state index in [2.05, 4.69) is 10.5 Å². The number of aryl methyl sites for hydroxylation is 4. The van der Waals surface area contributed by atoms with E-state index in [1.165, 1.54) is 5.56 Å². The van der Waals surface area contributed by atoms with Gasteiger partial charge in [-0.05, 0) is 50.5 Å². The maximum atomic E-state index is 12.3. The lowest BCUT2D eigenvalue weighted by molar-refractivity contribution is 0.102. The largest absolute Gasteiger partial charge is 0.361 e. The summed E-state index contributed by atoms with van der Waals surface area (Å²) in [6.45, 7) is 7.76. The molecule has 0 bridgehead atoms. The van der Waals surface area contributed by atoms with Crippen LogP contribution in [0.1, 0.15) is 39.9 Å². The van der Waals surface area contributed by atoms with Gasteiger partial charge in [0.15, 0.2) is 0 Å². The molecule has 0 fully saturated rings. The van der Waals surface area contributed by atoms with Gasteiger partial charge in [-0.15, -0.1) is 0 Å². The van der Waals surface area contributed by atoms with Gasteiger partial charge in [0.2, 0.25) is 0 Å². The molecule has 4 heteroatoms. The number of nitrogens with one attached hydrogen (secondary N) is 1. The molecule has 1 heterocycles. The molecule has 1 aromatic carbocycles. The van der Waals surface area contributed by atoms with E-state index in [4.69, 9.17) is 4.52 Å². The Morgan fingerprint density at radius 3 is 2.63 bits per heavy atom. The van der Waals surface area contributed by atoms with Crippen molar-refractivity contribution < 1.29 is 9.32 Å². The molecule has 0 radical (unpaired) electrons. The third-order valence-corrected chi connectivity index (χ3v) is 3.26. The van der Waals surface area contributed by atoms with E-state index in [0.717, 1.165) is 11.3 Å². The van der Waals surface area contributed by atoms with Crippen LogP contribution in [0.15, 0.2) is 22.7 Å². The number of aromatic nitrogens is 1. The molecule has 0 spiro atoms. The van der Waals surface area contributed by atoms with Gasteiger partial charge in [0.1, 0.15) is 11.3 Å².